The Morgan fingerprint density at radius 3 is 2.21 bits per heavy atom. The fourth-order valence-corrected chi connectivity index (χ4v) is 0.972. The Morgan fingerprint density at radius 1 is 1.29 bits per heavy atom. The van der Waals surface area contributed by atoms with Gasteiger partial charge in [-0.05, 0) is 26.3 Å². The van der Waals surface area contributed by atoms with E-state index in [1.165, 1.54) is 0 Å². The molecular weight excluding hydrogens is 195 g/mol. The lowest BCUT2D eigenvalue weighted by atomic mass is 10.0. The molecule has 0 aliphatic carbocycles. The van der Waals surface area contributed by atoms with Gasteiger partial charge in [-0.1, -0.05) is 6.92 Å². The standard InChI is InChI=1S/C9H18F3NO/c1-3-8(2,7-14)13-6-4-5-9(10,11)12/h13-14H,3-7H2,1-2H3. The molecule has 5 heteroatoms. The van der Waals surface area contributed by atoms with Crippen molar-refractivity contribution in [3.8, 4) is 0 Å². The van der Waals surface area contributed by atoms with Crippen molar-refractivity contribution < 1.29 is 18.3 Å². The topological polar surface area (TPSA) is 32.3 Å². The van der Waals surface area contributed by atoms with Crippen molar-refractivity contribution in [1.82, 2.24) is 5.32 Å². The summed E-state index contributed by atoms with van der Waals surface area (Å²) < 4.78 is 35.3. The van der Waals surface area contributed by atoms with Gasteiger partial charge in [0.15, 0.2) is 0 Å². The van der Waals surface area contributed by atoms with Crippen LogP contribution in [0.15, 0.2) is 0 Å². The van der Waals surface area contributed by atoms with Crippen molar-refractivity contribution in [2.24, 2.45) is 0 Å². The highest BCUT2D eigenvalue weighted by Gasteiger charge is 2.26. The molecule has 0 aromatic carbocycles. The Kier molecular flexibility index (Phi) is 5.44. The van der Waals surface area contributed by atoms with Gasteiger partial charge in [-0.2, -0.15) is 13.2 Å². The van der Waals surface area contributed by atoms with Crippen LogP contribution in [-0.2, 0) is 0 Å². The van der Waals surface area contributed by atoms with Gasteiger partial charge in [0.25, 0.3) is 0 Å². The first-order valence-electron chi connectivity index (χ1n) is 4.75. The number of hydrogen-bond donors (Lipinski definition) is 2. The van der Waals surface area contributed by atoms with Gasteiger partial charge in [-0.25, -0.2) is 0 Å². The molecule has 0 heterocycles. The summed E-state index contributed by atoms with van der Waals surface area (Å²) in [7, 11) is 0. The number of aliphatic hydroxyl groups is 1. The molecule has 14 heavy (non-hydrogen) atoms. The quantitative estimate of drug-likeness (QED) is 0.662. The fourth-order valence-electron chi connectivity index (χ4n) is 0.972. The maximum atomic E-state index is 11.8. The molecule has 0 aromatic rings. The maximum absolute atomic E-state index is 11.8. The molecule has 0 fully saturated rings. The Bertz CT molecular complexity index is 155. The molecule has 0 saturated heterocycles. The molecule has 0 radical (unpaired) electrons. The predicted octanol–water partition coefficient (Wildman–Crippen LogP) is 2.08. The van der Waals surface area contributed by atoms with Crippen LogP contribution in [0.3, 0.4) is 0 Å². The summed E-state index contributed by atoms with van der Waals surface area (Å²) in [4.78, 5) is 0. The molecule has 0 bridgehead atoms. The number of aliphatic hydroxyl groups excluding tert-OH is 1. The molecule has 0 amide bonds. The van der Waals surface area contributed by atoms with E-state index in [1.54, 1.807) is 6.92 Å². The average molecular weight is 213 g/mol. The number of halogens is 3. The first-order chi connectivity index (χ1) is 6.33. The van der Waals surface area contributed by atoms with Crippen LogP contribution in [0.25, 0.3) is 0 Å². The van der Waals surface area contributed by atoms with Crippen LogP contribution < -0.4 is 5.32 Å². The maximum Gasteiger partial charge on any atom is 0.389 e. The summed E-state index contributed by atoms with van der Waals surface area (Å²) in [6.07, 6.45) is -4.11. The third-order valence-electron chi connectivity index (χ3n) is 2.32. The van der Waals surface area contributed by atoms with Crippen LogP contribution in [0.5, 0.6) is 0 Å². The first-order valence-corrected chi connectivity index (χ1v) is 4.75. The van der Waals surface area contributed by atoms with E-state index in [0.29, 0.717) is 6.42 Å². The van der Waals surface area contributed by atoms with E-state index in [1.807, 2.05) is 6.92 Å². The van der Waals surface area contributed by atoms with Crippen molar-refractivity contribution >= 4 is 0 Å². The molecule has 2 N–H and O–H groups in total. The van der Waals surface area contributed by atoms with E-state index in [9.17, 15) is 13.2 Å². The van der Waals surface area contributed by atoms with Crippen LogP contribution in [0.2, 0.25) is 0 Å². The summed E-state index contributed by atoms with van der Waals surface area (Å²) >= 11 is 0. The van der Waals surface area contributed by atoms with Crippen LogP contribution in [-0.4, -0.2) is 30.0 Å². The van der Waals surface area contributed by atoms with E-state index in [4.69, 9.17) is 5.11 Å². The van der Waals surface area contributed by atoms with Gasteiger partial charge < -0.3 is 10.4 Å². The number of rotatable bonds is 6. The van der Waals surface area contributed by atoms with Crippen LogP contribution >= 0.6 is 0 Å². The Morgan fingerprint density at radius 2 is 1.86 bits per heavy atom. The number of hydrogen-bond acceptors (Lipinski definition) is 2. The van der Waals surface area contributed by atoms with Gasteiger partial charge in [0.2, 0.25) is 0 Å². The lowest BCUT2D eigenvalue weighted by Crippen LogP contribution is -2.45. The molecule has 0 aromatic heterocycles. The lowest BCUT2D eigenvalue weighted by Gasteiger charge is -2.27. The van der Waals surface area contributed by atoms with E-state index in [2.05, 4.69) is 5.32 Å². The molecular formula is C9H18F3NO. The van der Waals surface area contributed by atoms with Crippen molar-refractivity contribution in [3.05, 3.63) is 0 Å². The number of alkyl halides is 3. The monoisotopic (exact) mass is 213 g/mol. The van der Waals surface area contributed by atoms with E-state index in [0.717, 1.165) is 0 Å². The molecule has 0 saturated carbocycles. The van der Waals surface area contributed by atoms with E-state index < -0.39 is 18.1 Å². The Hall–Kier alpha value is -0.290. The van der Waals surface area contributed by atoms with Crippen molar-refractivity contribution in [2.75, 3.05) is 13.2 Å². The summed E-state index contributed by atoms with van der Waals surface area (Å²) in [5.74, 6) is 0. The summed E-state index contributed by atoms with van der Waals surface area (Å²) in [6.45, 7) is 3.90. The highest BCUT2D eigenvalue weighted by atomic mass is 19.4. The first kappa shape index (κ1) is 13.7. The van der Waals surface area contributed by atoms with E-state index >= 15 is 0 Å². The second-order valence-electron chi connectivity index (χ2n) is 3.72. The van der Waals surface area contributed by atoms with Gasteiger partial charge >= 0.3 is 6.18 Å². The summed E-state index contributed by atoms with van der Waals surface area (Å²) in [5.41, 5.74) is -0.453. The van der Waals surface area contributed by atoms with Crippen molar-refractivity contribution in [1.29, 1.82) is 0 Å². The summed E-state index contributed by atoms with van der Waals surface area (Å²) in [5, 5.41) is 11.9. The van der Waals surface area contributed by atoms with Crippen LogP contribution in [0.1, 0.15) is 33.1 Å². The fraction of sp³-hybridized carbons (Fsp3) is 1.00. The van der Waals surface area contributed by atoms with Gasteiger partial charge in [0, 0.05) is 12.0 Å². The zero-order valence-corrected chi connectivity index (χ0v) is 8.62. The SMILES string of the molecule is CCC(C)(CO)NCCCC(F)(F)F. The molecule has 1 unspecified atom stereocenters. The molecule has 0 rings (SSSR count). The molecule has 1 atom stereocenters. The normalized spacial score (nSPS) is 16.7. The molecule has 0 aliphatic heterocycles. The third-order valence-corrected chi connectivity index (χ3v) is 2.32. The zero-order valence-electron chi connectivity index (χ0n) is 8.62. The second kappa shape index (κ2) is 5.56. The number of nitrogens with one attached hydrogen (secondary N) is 1. The van der Waals surface area contributed by atoms with Crippen LogP contribution in [0, 0.1) is 0 Å². The minimum atomic E-state index is -4.08. The predicted molar refractivity (Wildman–Crippen MR) is 49.1 cm³/mol. The van der Waals surface area contributed by atoms with Crippen molar-refractivity contribution in [3.63, 3.8) is 0 Å². The zero-order chi connectivity index (χ0) is 11.2. The average Bonchev–Trinajstić information content (AvgIpc) is 2.11. The minimum absolute atomic E-state index is 0.0547. The highest BCUT2D eigenvalue weighted by Crippen LogP contribution is 2.21. The molecule has 86 valence electrons. The largest absolute Gasteiger partial charge is 0.394 e. The van der Waals surface area contributed by atoms with Crippen LogP contribution in [0.4, 0.5) is 13.2 Å². The van der Waals surface area contributed by atoms with Gasteiger partial charge in [-0.3, -0.25) is 0 Å². The lowest BCUT2D eigenvalue weighted by molar-refractivity contribution is -0.135. The second-order valence-corrected chi connectivity index (χ2v) is 3.72. The van der Waals surface area contributed by atoms with E-state index in [-0.39, 0.29) is 19.6 Å². The van der Waals surface area contributed by atoms with Gasteiger partial charge in [-0.15, -0.1) is 0 Å². The minimum Gasteiger partial charge on any atom is -0.394 e. The molecule has 0 spiro atoms. The summed E-state index contributed by atoms with van der Waals surface area (Å²) in [6, 6.07) is 0. The highest BCUT2D eigenvalue weighted by molar-refractivity contribution is 4.80. The molecule has 2 nitrogen and oxygen atoms in total. The third kappa shape index (κ3) is 6.21. The Balaban J connectivity index is 3.63. The van der Waals surface area contributed by atoms with Gasteiger partial charge in [0.05, 0.1) is 6.61 Å². The van der Waals surface area contributed by atoms with Crippen molar-refractivity contribution in [2.45, 2.75) is 44.8 Å². The molecule has 0 aliphatic rings. The Labute approximate surface area is 82.5 Å². The smallest absolute Gasteiger partial charge is 0.389 e. The van der Waals surface area contributed by atoms with Gasteiger partial charge in [0.1, 0.15) is 0 Å².